The molecule has 8 N–H and O–H groups in total. The number of nitrogens with one attached hydrogen (secondary N) is 6. The van der Waals surface area contributed by atoms with Gasteiger partial charge in [0, 0.05) is 43.9 Å². The van der Waals surface area contributed by atoms with Crippen molar-refractivity contribution in [1.29, 1.82) is 10.8 Å². The topological polar surface area (TPSA) is 143 Å². The van der Waals surface area contributed by atoms with Crippen LogP contribution in [0.15, 0.2) is 75.6 Å². The van der Waals surface area contributed by atoms with Crippen molar-refractivity contribution in [1.82, 2.24) is 21.3 Å². The number of hydrogen-bond acceptors (Lipinski definition) is 7. The zero-order valence-electron chi connectivity index (χ0n) is 18.5. The van der Waals surface area contributed by atoms with Crippen molar-refractivity contribution in [3.63, 3.8) is 0 Å². The minimum atomic E-state index is 0.172. The zero-order chi connectivity index (χ0) is 22.8. The Kier molecular flexibility index (Phi) is 8.83. The van der Waals surface area contributed by atoms with Gasteiger partial charge in [-0.25, -0.2) is 0 Å². The molecule has 0 atom stereocenters. The molecule has 0 unspecified atom stereocenters. The molecule has 0 bridgehead atoms. The van der Waals surface area contributed by atoms with E-state index in [0.29, 0.717) is 24.8 Å². The van der Waals surface area contributed by atoms with Crippen molar-refractivity contribution < 1.29 is 4.74 Å². The fraction of sp³-hybridized carbons (Fsp3) is 0.318. The van der Waals surface area contributed by atoms with Gasteiger partial charge < -0.3 is 37.1 Å². The van der Waals surface area contributed by atoms with Crippen LogP contribution in [0.4, 0.5) is 0 Å². The number of fused-ring (bicyclic) bond motifs is 1. The fourth-order valence-electron chi connectivity index (χ4n) is 2.85. The van der Waals surface area contributed by atoms with Crippen molar-refractivity contribution in [2.24, 2.45) is 16.6 Å². The molecule has 0 fully saturated rings. The fourth-order valence-corrected chi connectivity index (χ4v) is 2.85. The Morgan fingerprint density at radius 2 is 2.10 bits per heavy atom. The maximum atomic E-state index is 8.18. The van der Waals surface area contributed by atoms with Crippen LogP contribution in [0, 0.1) is 16.7 Å². The average molecular weight is 425 g/mol. The SMILES string of the molecule is CN/C=C(/C1=CNC2=CC=C(NC(=N)C=C(C=N)C(C)C)NC2=C1)C(N)=NCCOC. The quantitative estimate of drug-likeness (QED) is 0.161. The largest absolute Gasteiger partial charge is 0.393 e. The molecule has 0 spiro atoms. The summed E-state index contributed by atoms with van der Waals surface area (Å²) in [6.45, 7) is 4.95. The molecule has 0 radical (unpaired) electrons. The Morgan fingerprint density at radius 3 is 2.74 bits per heavy atom. The summed E-state index contributed by atoms with van der Waals surface area (Å²) in [5, 5.41) is 28.3. The first-order valence-corrected chi connectivity index (χ1v) is 10.0. The summed E-state index contributed by atoms with van der Waals surface area (Å²) in [5.41, 5.74) is 10.3. The van der Waals surface area contributed by atoms with Crippen LogP contribution in [-0.2, 0) is 4.74 Å². The van der Waals surface area contributed by atoms with Gasteiger partial charge in [0.2, 0.25) is 0 Å². The van der Waals surface area contributed by atoms with E-state index in [-0.39, 0.29) is 11.8 Å². The standard InChI is InChI=1S/C22H32N8O/c1-14(2)15(11-23)10-20(24)30-21-6-5-18-19(29-21)9-16(12-28-18)17(13-26-3)22(25)27-7-8-31-4/h5-6,9-14,23,26,28-29H,7-8H2,1-4H3,(H2,24,30)(H2,25,27)/b15-10?,17-13-,23-11?. The molecule has 0 aromatic heterocycles. The van der Waals surface area contributed by atoms with E-state index in [1.807, 2.05) is 38.3 Å². The first-order chi connectivity index (χ1) is 14.9. The monoisotopic (exact) mass is 424 g/mol. The maximum absolute atomic E-state index is 8.18. The lowest BCUT2D eigenvalue weighted by molar-refractivity contribution is 0.208. The maximum Gasteiger partial charge on any atom is 0.127 e. The lowest BCUT2D eigenvalue weighted by Crippen LogP contribution is -2.35. The van der Waals surface area contributed by atoms with Crippen molar-refractivity contribution in [2.45, 2.75) is 13.8 Å². The molecule has 0 saturated heterocycles. The highest BCUT2D eigenvalue weighted by Gasteiger charge is 2.18. The van der Waals surface area contributed by atoms with Crippen LogP contribution in [0.5, 0.6) is 0 Å². The Balaban J connectivity index is 2.17. The normalized spacial score (nSPS) is 16.7. The number of rotatable bonds is 10. The van der Waals surface area contributed by atoms with Crippen LogP contribution >= 0.6 is 0 Å². The zero-order valence-corrected chi connectivity index (χ0v) is 18.5. The summed E-state index contributed by atoms with van der Waals surface area (Å²) in [5.74, 6) is 1.44. The number of methoxy groups -OCH3 is 1. The Hall–Kier alpha value is -3.59. The van der Waals surface area contributed by atoms with Crippen molar-refractivity contribution in [3.05, 3.63) is 70.6 Å². The Labute approximate surface area is 183 Å². The van der Waals surface area contributed by atoms with Gasteiger partial charge in [-0.3, -0.25) is 10.4 Å². The van der Waals surface area contributed by atoms with E-state index >= 15 is 0 Å². The first-order valence-electron chi connectivity index (χ1n) is 10.0. The van der Waals surface area contributed by atoms with Crippen molar-refractivity contribution >= 4 is 17.9 Å². The number of ether oxygens (including phenoxy) is 1. The molecular formula is C22H32N8O. The number of aliphatic imine (C=N–C) groups is 1. The third-order valence-corrected chi connectivity index (χ3v) is 4.53. The molecule has 9 nitrogen and oxygen atoms in total. The van der Waals surface area contributed by atoms with Gasteiger partial charge in [0.1, 0.15) is 17.5 Å². The van der Waals surface area contributed by atoms with Crippen LogP contribution in [0.25, 0.3) is 0 Å². The van der Waals surface area contributed by atoms with Gasteiger partial charge >= 0.3 is 0 Å². The van der Waals surface area contributed by atoms with Crippen LogP contribution in [-0.4, -0.2) is 45.2 Å². The summed E-state index contributed by atoms with van der Waals surface area (Å²) in [6, 6.07) is 0. The molecule has 2 aliphatic heterocycles. The lowest BCUT2D eigenvalue weighted by atomic mass is 10.0. The molecule has 31 heavy (non-hydrogen) atoms. The van der Waals surface area contributed by atoms with Crippen molar-refractivity contribution in [2.75, 3.05) is 27.3 Å². The van der Waals surface area contributed by atoms with Gasteiger partial charge in [-0.2, -0.15) is 0 Å². The van der Waals surface area contributed by atoms with Crippen LogP contribution < -0.4 is 27.0 Å². The molecule has 2 aliphatic rings. The minimum Gasteiger partial charge on any atom is -0.393 e. The molecule has 0 aromatic rings. The molecule has 2 rings (SSSR count). The summed E-state index contributed by atoms with van der Waals surface area (Å²) in [6.07, 6.45) is 12.3. The highest BCUT2D eigenvalue weighted by Crippen LogP contribution is 2.22. The number of dihydropyridines is 2. The number of nitrogens with zero attached hydrogens (tertiary/aromatic N) is 1. The van der Waals surface area contributed by atoms with Gasteiger partial charge in [-0.1, -0.05) is 13.8 Å². The molecule has 0 aliphatic carbocycles. The van der Waals surface area contributed by atoms with Gasteiger partial charge in [0.25, 0.3) is 0 Å². The van der Waals surface area contributed by atoms with E-state index in [4.69, 9.17) is 21.3 Å². The highest BCUT2D eigenvalue weighted by atomic mass is 16.5. The third-order valence-electron chi connectivity index (χ3n) is 4.53. The molecule has 0 amide bonds. The number of allylic oxidation sites excluding steroid dienone is 4. The molecule has 0 saturated carbocycles. The number of nitrogens with two attached hydrogens (primary N) is 1. The second kappa shape index (κ2) is 11.6. The van der Waals surface area contributed by atoms with Gasteiger partial charge in [-0.15, -0.1) is 0 Å². The second-order valence-electron chi connectivity index (χ2n) is 7.18. The third kappa shape index (κ3) is 6.71. The summed E-state index contributed by atoms with van der Waals surface area (Å²) < 4.78 is 5.03. The van der Waals surface area contributed by atoms with Crippen LogP contribution in [0.2, 0.25) is 0 Å². The number of amidine groups is 2. The lowest BCUT2D eigenvalue weighted by Gasteiger charge is -2.25. The van der Waals surface area contributed by atoms with E-state index in [9.17, 15) is 0 Å². The summed E-state index contributed by atoms with van der Waals surface area (Å²) >= 11 is 0. The highest BCUT2D eigenvalue weighted by molar-refractivity contribution is 6.02. The van der Waals surface area contributed by atoms with Crippen molar-refractivity contribution in [3.8, 4) is 0 Å². The smallest absolute Gasteiger partial charge is 0.127 e. The summed E-state index contributed by atoms with van der Waals surface area (Å²) in [7, 11) is 3.43. The molecule has 2 heterocycles. The van der Waals surface area contributed by atoms with E-state index in [1.54, 1.807) is 26.4 Å². The predicted octanol–water partition coefficient (Wildman–Crippen LogP) is 1.59. The van der Waals surface area contributed by atoms with Gasteiger partial charge in [-0.05, 0) is 35.8 Å². The van der Waals surface area contributed by atoms with E-state index in [0.717, 1.165) is 28.1 Å². The van der Waals surface area contributed by atoms with Gasteiger partial charge in [0.15, 0.2) is 0 Å². The van der Waals surface area contributed by atoms with Crippen LogP contribution in [0.3, 0.4) is 0 Å². The molecular weight excluding hydrogens is 392 g/mol. The Morgan fingerprint density at radius 1 is 1.32 bits per heavy atom. The molecule has 9 heteroatoms. The second-order valence-corrected chi connectivity index (χ2v) is 7.18. The average Bonchev–Trinajstić information content (AvgIpc) is 2.75. The van der Waals surface area contributed by atoms with E-state index < -0.39 is 0 Å². The van der Waals surface area contributed by atoms with E-state index in [1.165, 1.54) is 6.21 Å². The summed E-state index contributed by atoms with van der Waals surface area (Å²) in [4.78, 5) is 4.37. The molecule has 166 valence electrons. The predicted molar refractivity (Wildman–Crippen MR) is 127 cm³/mol. The molecule has 0 aromatic carbocycles. The van der Waals surface area contributed by atoms with Gasteiger partial charge in [0.05, 0.1) is 24.5 Å². The Bertz CT molecular complexity index is 916. The van der Waals surface area contributed by atoms with E-state index in [2.05, 4.69) is 26.3 Å². The minimum absolute atomic E-state index is 0.172. The van der Waals surface area contributed by atoms with Crippen LogP contribution in [0.1, 0.15) is 13.8 Å². The first kappa shape index (κ1) is 23.7. The number of hydrogen-bond donors (Lipinski definition) is 7.